The monoisotopic (exact) mass is 335 g/mol. The van der Waals surface area contributed by atoms with Crippen LogP contribution in [0.25, 0.3) is 0 Å². The van der Waals surface area contributed by atoms with Crippen molar-refractivity contribution in [1.82, 2.24) is 5.32 Å². The van der Waals surface area contributed by atoms with Crippen LogP contribution in [-0.4, -0.2) is 78.4 Å². The number of methoxy groups -OCH3 is 1. The van der Waals surface area contributed by atoms with Gasteiger partial charge < -0.3 is 35.7 Å². The van der Waals surface area contributed by atoms with E-state index in [0.29, 0.717) is 65.8 Å². The summed E-state index contributed by atoms with van der Waals surface area (Å²) in [6, 6.07) is -0.469. The molecule has 0 saturated carbocycles. The van der Waals surface area contributed by atoms with Crippen LogP contribution in [0.3, 0.4) is 0 Å². The van der Waals surface area contributed by atoms with Crippen molar-refractivity contribution >= 4 is 5.91 Å². The Kier molecular flexibility index (Phi) is 17.0. The zero-order chi connectivity index (χ0) is 17.2. The van der Waals surface area contributed by atoms with E-state index in [1.54, 1.807) is 7.11 Å². The standard InChI is InChI=1S/C15H33N3O5/c1-20-8-9-22-12-13-23-11-10-21-7-6-18-15(19)14(17)4-2-3-5-16/h14H,2-13,16-17H2,1H3,(H,18,19)/t14-/m0/s1. The fourth-order valence-corrected chi connectivity index (χ4v) is 1.70. The summed E-state index contributed by atoms with van der Waals surface area (Å²) in [5.74, 6) is -0.143. The lowest BCUT2D eigenvalue weighted by Crippen LogP contribution is -2.41. The van der Waals surface area contributed by atoms with Crippen LogP contribution in [0, 0.1) is 0 Å². The van der Waals surface area contributed by atoms with Crippen LogP contribution in [0.1, 0.15) is 19.3 Å². The molecular formula is C15H33N3O5. The van der Waals surface area contributed by atoms with Gasteiger partial charge in [-0.3, -0.25) is 4.79 Å². The van der Waals surface area contributed by atoms with Gasteiger partial charge in [-0.25, -0.2) is 0 Å². The molecule has 0 aromatic rings. The summed E-state index contributed by atoms with van der Waals surface area (Å²) in [6.07, 6.45) is 2.42. The van der Waals surface area contributed by atoms with Crippen molar-refractivity contribution in [2.24, 2.45) is 11.5 Å². The van der Waals surface area contributed by atoms with Crippen molar-refractivity contribution < 1.29 is 23.7 Å². The molecule has 1 amide bonds. The Morgan fingerprint density at radius 1 is 0.957 bits per heavy atom. The summed E-state index contributed by atoms with van der Waals surface area (Å²) in [5.41, 5.74) is 11.2. The van der Waals surface area contributed by atoms with Gasteiger partial charge in [0.2, 0.25) is 5.91 Å². The Morgan fingerprint density at radius 2 is 1.52 bits per heavy atom. The minimum absolute atomic E-state index is 0.143. The molecule has 0 heterocycles. The molecule has 23 heavy (non-hydrogen) atoms. The molecule has 8 heteroatoms. The van der Waals surface area contributed by atoms with E-state index in [2.05, 4.69) is 5.32 Å². The van der Waals surface area contributed by atoms with E-state index in [0.717, 1.165) is 12.8 Å². The average Bonchev–Trinajstić information content (AvgIpc) is 2.55. The van der Waals surface area contributed by atoms with E-state index < -0.39 is 6.04 Å². The third-order valence-electron chi connectivity index (χ3n) is 3.03. The Hall–Kier alpha value is -0.770. The fraction of sp³-hybridized carbons (Fsp3) is 0.933. The SMILES string of the molecule is COCCOCCOCCOCCNC(=O)[C@@H](N)CCCCN. The molecule has 0 aliphatic heterocycles. The first-order valence-corrected chi connectivity index (χ1v) is 8.18. The predicted octanol–water partition coefficient (Wildman–Crippen LogP) is -0.745. The molecule has 1 atom stereocenters. The second-order valence-electron chi connectivity index (χ2n) is 5.01. The number of unbranched alkanes of at least 4 members (excludes halogenated alkanes) is 1. The maximum atomic E-state index is 11.6. The zero-order valence-corrected chi connectivity index (χ0v) is 14.3. The highest BCUT2D eigenvalue weighted by molar-refractivity contribution is 5.81. The van der Waals surface area contributed by atoms with Gasteiger partial charge in [0.25, 0.3) is 0 Å². The van der Waals surface area contributed by atoms with E-state index in [1.165, 1.54) is 0 Å². The summed E-state index contributed by atoms with van der Waals surface area (Å²) in [5, 5.41) is 2.75. The molecule has 0 fully saturated rings. The number of hydrogen-bond acceptors (Lipinski definition) is 7. The van der Waals surface area contributed by atoms with Gasteiger partial charge in [0, 0.05) is 13.7 Å². The first kappa shape index (κ1) is 22.2. The van der Waals surface area contributed by atoms with Crippen molar-refractivity contribution in [3.05, 3.63) is 0 Å². The maximum absolute atomic E-state index is 11.6. The Morgan fingerprint density at radius 3 is 2.09 bits per heavy atom. The summed E-state index contributed by atoms with van der Waals surface area (Å²) in [6.45, 7) is 4.73. The molecule has 138 valence electrons. The molecule has 0 aliphatic rings. The smallest absolute Gasteiger partial charge is 0.236 e. The third-order valence-corrected chi connectivity index (χ3v) is 3.03. The van der Waals surface area contributed by atoms with Crippen molar-refractivity contribution in [2.75, 3.05) is 66.4 Å². The first-order chi connectivity index (χ1) is 11.2. The van der Waals surface area contributed by atoms with Gasteiger partial charge in [0.15, 0.2) is 0 Å². The summed E-state index contributed by atoms with van der Waals surface area (Å²) in [7, 11) is 1.63. The number of carbonyl (C=O) groups excluding carboxylic acids is 1. The van der Waals surface area contributed by atoms with Crippen molar-refractivity contribution in [1.29, 1.82) is 0 Å². The molecule has 5 N–H and O–H groups in total. The summed E-state index contributed by atoms with van der Waals surface area (Å²) < 4.78 is 20.8. The molecule has 0 spiro atoms. The highest BCUT2D eigenvalue weighted by Crippen LogP contribution is 1.97. The van der Waals surface area contributed by atoms with Gasteiger partial charge in [-0.15, -0.1) is 0 Å². The molecule has 0 rings (SSSR count). The molecule has 8 nitrogen and oxygen atoms in total. The lowest BCUT2D eigenvalue weighted by atomic mass is 10.1. The van der Waals surface area contributed by atoms with Gasteiger partial charge in [0.1, 0.15) is 0 Å². The summed E-state index contributed by atoms with van der Waals surface area (Å²) >= 11 is 0. The van der Waals surface area contributed by atoms with E-state index in [-0.39, 0.29) is 5.91 Å². The van der Waals surface area contributed by atoms with Crippen LogP contribution in [0.2, 0.25) is 0 Å². The highest BCUT2D eigenvalue weighted by Gasteiger charge is 2.11. The second kappa shape index (κ2) is 17.6. The van der Waals surface area contributed by atoms with Gasteiger partial charge in [-0.05, 0) is 19.4 Å². The lowest BCUT2D eigenvalue weighted by Gasteiger charge is -2.12. The Balaban J connectivity index is 3.24. The molecular weight excluding hydrogens is 302 g/mol. The second-order valence-corrected chi connectivity index (χ2v) is 5.01. The highest BCUT2D eigenvalue weighted by atomic mass is 16.6. The summed E-state index contributed by atoms with van der Waals surface area (Å²) in [4.78, 5) is 11.6. The number of carbonyl (C=O) groups is 1. The van der Waals surface area contributed by atoms with E-state index in [4.69, 9.17) is 30.4 Å². The lowest BCUT2D eigenvalue weighted by molar-refractivity contribution is -0.122. The number of hydrogen-bond donors (Lipinski definition) is 3. The van der Waals surface area contributed by atoms with Crippen LogP contribution < -0.4 is 16.8 Å². The average molecular weight is 335 g/mol. The Labute approximate surface area is 139 Å². The maximum Gasteiger partial charge on any atom is 0.236 e. The normalized spacial score (nSPS) is 12.3. The number of nitrogens with two attached hydrogens (primary N) is 2. The van der Waals surface area contributed by atoms with Crippen LogP contribution in [0.15, 0.2) is 0 Å². The third kappa shape index (κ3) is 15.9. The molecule has 0 unspecified atom stereocenters. The van der Waals surface area contributed by atoms with Crippen molar-refractivity contribution in [3.63, 3.8) is 0 Å². The van der Waals surface area contributed by atoms with Crippen molar-refractivity contribution in [2.45, 2.75) is 25.3 Å². The molecule has 0 radical (unpaired) electrons. The minimum Gasteiger partial charge on any atom is -0.382 e. The largest absolute Gasteiger partial charge is 0.382 e. The molecule has 0 saturated heterocycles. The Bertz CT molecular complexity index is 269. The van der Waals surface area contributed by atoms with E-state index >= 15 is 0 Å². The van der Waals surface area contributed by atoms with Crippen LogP contribution in [0.4, 0.5) is 0 Å². The molecule has 0 aromatic heterocycles. The topological polar surface area (TPSA) is 118 Å². The van der Waals surface area contributed by atoms with Gasteiger partial charge in [-0.1, -0.05) is 6.42 Å². The molecule has 0 bridgehead atoms. The zero-order valence-electron chi connectivity index (χ0n) is 14.3. The van der Waals surface area contributed by atoms with Crippen LogP contribution in [-0.2, 0) is 23.7 Å². The van der Waals surface area contributed by atoms with Gasteiger partial charge in [-0.2, -0.15) is 0 Å². The van der Waals surface area contributed by atoms with Crippen molar-refractivity contribution in [3.8, 4) is 0 Å². The predicted molar refractivity (Wildman–Crippen MR) is 88.2 cm³/mol. The quantitative estimate of drug-likeness (QED) is 0.299. The number of rotatable bonds is 17. The van der Waals surface area contributed by atoms with Crippen LogP contribution in [0.5, 0.6) is 0 Å². The van der Waals surface area contributed by atoms with Crippen LogP contribution >= 0.6 is 0 Å². The minimum atomic E-state index is -0.469. The van der Waals surface area contributed by atoms with Gasteiger partial charge in [0.05, 0.1) is 52.3 Å². The number of amides is 1. The van der Waals surface area contributed by atoms with E-state index in [9.17, 15) is 4.79 Å². The fourth-order valence-electron chi connectivity index (χ4n) is 1.70. The number of ether oxygens (including phenoxy) is 4. The van der Waals surface area contributed by atoms with E-state index in [1.807, 2.05) is 0 Å². The van der Waals surface area contributed by atoms with Gasteiger partial charge >= 0.3 is 0 Å². The molecule has 0 aromatic carbocycles. The first-order valence-electron chi connectivity index (χ1n) is 8.18. The number of nitrogens with one attached hydrogen (secondary N) is 1. The molecule has 0 aliphatic carbocycles.